The van der Waals surface area contributed by atoms with Crippen molar-refractivity contribution in [1.29, 1.82) is 0 Å². The summed E-state index contributed by atoms with van der Waals surface area (Å²) >= 11 is 0. The summed E-state index contributed by atoms with van der Waals surface area (Å²) in [6, 6.07) is 1.35. The van der Waals surface area contributed by atoms with E-state index < -0.39 is 24.3 Å². The first-order chi connectivity index (χ1) is 12.3. The topological polar surface area (TPSA) is 108 Å². The summed E-state index contributed by atoms with van der Waals surface area (Å²) in [5, 5.41) is 21.3. The largest absolute Gasteiger partial charge is 0.490 e. The summed E-state index contributed by atoms with van der Waals surface area (Å²) in [7, 11) is 0. The van der Waals surface area contributed by atoms with Crippen LogP contribution in [0.4, 0.5) is 26.3 Å². The van der Waals surface area contributed by atoms with Gasteiger partial charge in [0.1, 0.15) is 0 Å². The number of aliphatic carboxylic acids is 2. The number of carbonyl (C=O) groups is 2. The highest BCUT2D eigenvalue weighted by Gasteiger charge is 2.38. The van der Waals surface area contributed by atoms with E-state index in [0.717, 1.165) is 19.3 Å². The van der Waals surface area contributed by atoms with Crippen molar-refractivity contribution in [1.82, 2.24) is 10.6 Å². The standard InChI is InChI=1S/C10H20N2O.2C2HF3O2/c1-2-10(8-13-7-1)12-9-3-5-11-6-4-9;2*3-2(4,5)1(6)7/h9-12H,1-8H2;2*(H,6,7)/t10-;;/m1../s1. The van der Waals surface area contributed by atoms with E-state index >= 15 is 0 Å². The van der Waals surface area contributed by atoms with Crippen LogP contribution in [0.3, 0.4) is 0 Å². The predicted octanol–water partition coefficient (Wildman–Crippen LogP) is 1.77. The molecular weight excluding hydrogens is 390 g/mol. The fraction of sp³-hybridized carbons (Fsp3) is 0.857. The lowest BCUT2D eigenvalue weighted by Gasteiger charge is -2.30. The van der Waals surface area contributed by atoms with E-state index in [9.17, 15) is 26.3 Å². The Hall–Kier alpha value is -1.60. The van der Waals surface area contributed by atoms with Crippen molar-refractivity contribution >= 4 is 11.9 Å². The Morgan fingerprint density at radius 3 is 1.67 bits per heavy atom. The average molecular weight is 412 g/mol. The van der Waals surface area contributed by atoms with Gasteiger partial charge in [0, 0.05) is 18.7 Å². The van der Waals surface area contributed by atoms with Gasteiger partial charge in [-0.15, -0.1) is 0 Å². The maximum atomic E-state index is 10.6. The van der Waals surface area contributed by atoms with Gasteiger partial charge in [0.15, 0.2) is 0 Å². The number of piperidine rings is 1. The molecule has 27 heavy (non-hydrogen) atoms. The Bertz CT molecular complexity index is 406. The normalized spacial score (nSPS) is 21.2. The van der Waals surface area contributed by atoms with Crippen molar-refractivity contribution < 1.29 is 50.9 Å². The summed E-state index contributed by atoms with van der Waals surface area (Å²) in [6.07, 6.45) is -5.10. The maximum Gasteiger partial charge on any atom is 0.490 e. The summed E-state index contributed by atoms with van der Waals surface area (Å²) in [4.78, 5) is 17.8. The number of nitrogens with one attached hydrogen (secondary N) is 2. The zero-order valence-corrected chi connectivity index (χ0v) is 14.2. The molecule has 0 aliphatic carbocycles. The third kappa shape index (κ3) is 13.2. The van der Waals surface area contributed by atoms with E-state index in [0.29, 0.717) is 6.04 Å². The molecular formula is C14H22F6N2O5. The lowest BCUT2D eigenvalue weighted by molar-refractivity contribution is -0.193. The maximum absolute atomic E-state index is 10.6. The highest BCUT2D eigenvalue weighted by Crippen LogP contribution is 2.13. The van der Waals surface area contributed by atoms with Crippen LogP contribution in [0, 0.1) is 0 Å². The second-order valence-electron chi connectivity index (χ2n) is 5.71. The monoisotopic (exact) mass is 412 g/mol. The third-order valence-corrected chi connectivity index (χ3v) is 3.46. The molecule has 2 heterocycles. The van der Waals surface area contributed by atoms with Gasteiger partial charge >= 0.3 is 24.3 Å². The Labute approximate surface area is 151 Å². The van der Waals surface area contributed by atoms with Crippen LogP contribution in [0.1, 0.15) is 25.7 Å². The molecule has 2 fully saturated rings. The number of halogens is 6. The van der Waals surface area contributed by atoms with Crippen LogP contribution < -0.4 is 10.6 Å². The zero-order chi connectivity index (χ0) is 21.1. The molecule has 0 saturated carbocycles. The molecule has 0 unspecified atom stereocenters. The van der Waals surface area contributed by atoms with E-state index in [4.69, 9.17) is 24.5 Å². The first-order valence-corrected chi connectivity index (χ1v) is 7.98. The van der Waals surface area contributed by atoms with Crippen LogP contribution in [0.2, 0.25) is 0 Å². The number of carboxylic acids is 2. The van der Waals surface area contributed by atoms with Gasteiger partial charge in [-0.05, 0) is 38.8 Å². The first-order valence-electron chi connectivity index (χ1n) is 7.98. The summed E-state index contributed by atoms with van der Waals surface area (Å²) in [5.74, 6) is -5.51. The van der Waals surface area contributed by atoms with Crippen molar-refractivity contribution in [3.05, 3.63) is 0 Å². The third-order valence-electron chi connectivity index (χ3n) is 3.46. The van der Waals surface area contributed by atoms with E-state index in [1.54, 1.807) is 0 Å². The van der Waals surface area contributed by atoms with Gasteiger partial charge in [0.25, 0.3) is 0 Å². The van der Waals surface area contributed by atoms with Crippen LogP contribution in [0.15, 0.2) is 0 Å². The molecule has 0 radical (unpaired) electrons. The lowest BCUT2D eigenvalue weighted by Crippen LogP contribution is -2.47. The molecule has 2 saturated heterocycles. The smallest absolute Gasteiger partial charge is 0.475 e. The molecule has 0 aromatic heterocycles. The molecule has 0 amide bonds. The van der Waals surface area contributed by atoms with Crippen LogP contribution in [-0.4, -0.2) is 72.9 Å². The van der Waals surface area contributed by atoms with Crippen molar-refractivity contribution in [3.8, 4) is 0 Å². The number of ether oxygens (including phenoxy) is 1. The Kier molecular flexibility index (Phi) is 11.3. The summed E-state index contributed by atoms with van der Waals surface area (Å²) < 4.78 is 68.9. The van der Waals surface area contributed by atoms with E-state index in [1.165, 1.54) is 38.8 Å². The number of hydrogen-bond donors (Lipinski definition) is 4. The molecule has 0 bridgehead atoms. The van der Waals surface area contributed by atoms with Crippen LogP contribution in [0.25, 0.3) is 0 Å². The van der Waals surface area contributed by atoms with Gasteiger partial charge < -0.3 is 25.6 Å². The minimum atomic E-state index is -5.08. The first kappa shape index (κ1) is 25.4. The molecule has 0 spiro atoms. The highest BCUT2D eigenvalue weighted by molar-refractivity contribution is 5.73. The number of alkyl halides is 6. The number of rotatable bonds is 2. The highest BCUT2D eigenvalue weighted by atomic mass is 19.4. The molecule has 7 nitrogen and oxygen atoms in total. The Morgan fingerprint density at radius 1 is 0.889 bits per heavy atom. The van der Waals surface area contributed by atoms with Gasteiger partial charge in [0.05, 0.1) is 6.61 Å². The second-order valence-corrected chi connectivity index (χ2v) is 5.71. The molecule has 2 aliphatic rings. The van der Waals surface area contributed by atoms with Crippen molar-refractivity contribution in [2.75, 3.05) is 26.3 Å². The minimum Gasteiger partial charge on any atom is -0.475 e. The van der Waals surface area contributed by atoms with E-state index in [1.807, 2.05) is 0 Å². The number of carboxylic acid groups (broad SMARTS) is 2. The van der Waals surface area contributed by atoms with E-state index in [-0.39, 0.29) is 0 Å². The fourth-order valence-corrected chi connectivity index (χ4v) is 2.19. The van der Waals surface area contributed by atoms with Crippen LogP contribution in [-0.2, 0) is 14.3 Å². The summed E-state index contributed by atoms with van der Waals surface area (Å²) in [6.45, 7) is 4.23. The van der Waals surface area contributed by atoms with Crippen LogP contribution >= 0.6 is 0 Å². The molecule has 0 aromatic rings. The van der Waals surface area contributed by atoms with Gasteiger partial charge in [-0.1, -0.05) is 0 Å². The van der Waals surface area contributed by atoms with Gasteiger partial charge in [-0.25, -0.2) is 9.59 Å². The number of hydrogen-bond acceptors (Lipinski definition) is 5. The average Bonchev–Trinajstić information content (AvgIpc) is 2.56. The molecule has 4 N–H and O–H groups in total. The molecule has 2 aliphatic heterocycles. The lowest BCUT2D eigenvalue weighted by atomic mass is 10.0. The van der Waals surface area contributed by atoms with Gasteiger partial charge in [-0.2, -0.15) is 26.3 Å². The van der Waals surface area contributed by atoms with Gasteiger partial charge in [0.2, 0.25) is 0 Å². The van der Waals surface area contributed by atoms with Crippen molar-refractivity contribution in [3.63, 3.8) is 0 Å². The molecule has 13 heteroatoms. The van der Waals surface area contributed by atoms with E-state index in [2.05, 4.69) is 10.6 Å². The van der Waals surface area contributed by atoms with Crippen molar-refractivity contribution in [2.24, 2.45) is 0 Å². The Balaban J connectivity index is 0.000000416. The molecule has 2 rings (SSSR count). The zero-order valence-electron chi connectivity index (χ0n) is 14.2. The second kappa shape index (κ2) is 12.0. The SMILES string of the molecule is C1COC[C@H](NC2CCNCC2)C1.O=C(O)C(F)(F)F.O=C(O)C(F)(F)F. The van der Waals surface area contributed by atoms with Crippen LogP contribution in [0.5, 0.6) is 0 Å². The predicted molar refractivity (Wildman–Crippen MR) is 80.3 cm³/mol. The van der Waals surface area contributed by atoms with Crippen molar-refractivity contribution in [2.45, 2.75) is 50.1 Å². The summed E-state index contributed by atoms with van der Waals surface area (Å²) in [5.41, 5.74) is 0. The molecule has 0 aromatic carbocycles. The Morgan fingerprint density at radius 2 is 1.33 bits per heavy atom. The quantitative estimate of drug-likeness (QED) is 0.512. The van der Waals surface area contributed by atoms with Gasteiger partial charge in [-0.3, -0.25) is 0 Å². The molecule has 1 atom stereocenters. The molecule has 160 valence electrons. The fourth-order valence-electron chi connectivity index (χ4n) is 2.19. The minimum absolute atomic E-state index is 0.622.